The summed E-state index contributed by atoms with van der Waals surface area (Å²) in [5.74, 6) is 0. The van der Waals surface area contributed by atoms with Crippen LogP contribution in [0.15, 0.2) is 0 Å². The van der Waals surface area contributed by atoms with Gasteiger partial charge in [-0.1, -0.05) is 11.3 Å². The SMILES string of the molecule is Cc1nc(N2CCCCC2)sc1C(C)(C)N. The molecule has 1 fully saturated rings. The van der Waals surface area contributed by atoms with E-state index < -0.39 is 0 Å². The second kappa shape index (κ2) is 4.34. The van der Waals surface area contributed by atoms with Gasteiger partial charge in [-0.15, -0.1) is 0 Å². The molecule has 0 amide bonds. The Morgan fingerprint density at radius 3 is 2.38 bits per heavy atom. The highest BCUT2D eigenvalue weighted by atomic mass is 32.1. The van der Waals surface area contributed by atoms with Crippen LogP contribution in [-0.2, 0) is 5.54 Å². The van der Waals surface area contributed by atoms with Crippen LogP contribution in [0.25, 0.3) is 0 Å². The monoisotopic (exact) mass is 239 g/mol. The molecule has 0 unspecified atom stereocenters. The van der Waals surface area contributed by atoms with E-state index in [0.29, 0.717) is 0 Å². The normalized spacial score (nSPS) is 17.9. The fourth-order valence-electron chi connectivity index (χ4n) is 2.20. The molecule has 1 aliphatic heterocycles. The molecule has 0 atom stereocenters. The van der Waals surface area contributed by atoms with Crippen LogP contribution in [0, 0.1) is 6.92 Å². The first-order valence-corrected chi connectivity index (χ1v) is 6.82. The smallest absolute Gasteiger partial charge is 0.185 e. The predicted molar refractivity (Wildman–Crippen MR) is 70.1 cm³/mol. The van der Waals surface area contributed by atoms with E-state index in [1.54, 1.807) is 11.3 Å². The molecule has 2 heterocycles. The molecule has 0 aliphatic carbocycles. The minimum atomic E-state index is -0.268. The lowest BCUT2D eigenvalue weighted by Gasteiger charge is -2.26. The summed E-state index contributed by atoms with van der Waals surface area (Å²) in [5, 5.41) is 1.16. The highest BCUT2D eigenvalue weighted by Gasteiger charge is 2.23. The van der Waals surface area contributed by atoms with Crippen LogP contribution in [0.2, 0.25) is 0 Å². The summed E-state index contributed by atoms with van der Waals surface area (Å²) in [6, 6.07) is 0. The van der Waals surface area contributed by atoms with Crippen molar-refractivity contribution in [3.8, 4) is 0 Å². The van der Waals surface area contributed by atoms with Crippen LogP contribution in [0.1, 0.15) is 43.7 Å². The molecule has 3 nitrogen and oxygen atoms in total. The van der Waals surface area contributed by atoms with Crippen molar-refractivity contribution in [2.24, 2.45) is 5.73 Å². The maximum absolute atomic E-state index is 6.15. The topological polar surface area (TPSA) is 42.2 Å². The molecule has 1 aliphatic rings. The van der Waals surface area contributed by atoms with Gasteiger partial charge in [-0.25, -0.2) is 4.98 Å². The first kappa shape index (κ1) is 11.9. The molecule has 16 heavy (non-hydrogen) atoms. The molecule has 90 valence electrons. The Hall–Kier alpha value is -0.610. The fourth-order valence-corrected chi connectivity index (χ4v) is 3.33. The quantitative estimate of drug-likeness (QED) is 0.862. The van der Waals surface area contributed by atoms with Gasteiger partial charge in [0.25, 0.3) is 0 Å². The number of rotatable bonds is 2. The van der Waals surface area contributed by atoms with E-state index in [2.05, 4.69) is 16.8 Å². The molecule has 2 N–H and O–H groups in total. The van der Waals surface area contributed by atoms with E-state index in [9.17, 15) is 0 Å². The zero-order valence-electron chi connectivity index (χ0n) is 10.4. The average Bonchev–Trinajstić information content (AvgIpc) is 2.61. The Balaban J connectivity index is 2.23. The minimum Gasteiger partial charge on any atom is -0.348 e. The summed E-state index contributed by atoms with van der Waals surface area (Å²) < 4.78 is 0. The number of anilines is 1. The highest BCUT2D eigenvalue weighted by Crippen LogP contribution is 2.33. The number of thiazole rings is 1. The van der Waals surface area contributed by atoms with Crippen molar-refractivity contribution in [3.05, 3.63) is 10.6 Å². The third-order valence-corrected chi connectivity index (χ3v) is 4.55. The molecule has 1 aromatic rings. The minimum absolute atomic E-state index is 0.268. The Labute approximate surface area is 102 Å². The number of aryl methyl sites for hydroxylation is 1. The molecule has 0 radical (unpaired) electrons. The Morgan fingerprint density at radius 2 is 1.88 bits per heavy atom. The van der Waals surface area contributed by atoms with Crippen molar-refractivity contribution in [1.82, 2.24) is 4.98 Å². The van der Waals surface area contributed by atoms with Gasteiger partial charge >= 0.3 is 0 Å². The highest BCUT2D eigenvalue weighted by molar-refractivity contribution is 7.15. The molecule has 2 rings (SSSR count). The number of aromatic nitrogens is 1. The van der Waals surface area contributed by atoms with Gasteiger partial charge in [0, 0.05) is 23.5 Å². The zero-order chi connectivity index (χ0) is 11.8. The standard InChI is InChI=1S/C12H21N3S/c1-9-10(12(2,3)13)16-11(14-9)15-7-5-4-6-8-15/h4-8,13H2,1-3H3. The first-order valence-electron chi connectivity index (χ1n) is 6.00. The van der Waals surface area contributed by atoms with Crippen LogP contribution < -0.4 is 10.6 Å². The third kappa shape index (κ3) is 2.38. The maximum atomic E-state index is 6.15. The van der Waals surface area contributed by atoms with E-state index in [4.69, 9.17) is 5.73 Å². The van der Waals surface area contributed by atoms with E-state index in [-0.39, 0.29) is 5.54 Å². The van der Waals surface area contributed by atoms with Crippen LogP contribution in [0.4, 0.5) is 5.13 Å². The third-order valence-electron chi connectivity index (χ3n) is 3.00. The summed E-state index contributed by atoms with van der Waals surface area (Å²) in [5.41, 5.74) is 6.98. The van der Waals surface area contributed by atoms with Crippen LogP contribution in [0.5, 0.6) is 0 Å². The molecule has 0 aromatic carbocycles. The molecule has 0 saturated carbocycles. The van der Waals surface area contributed by atoms with Gasteiger partial charge in [-0.3, -0.25) is 0 Å². The fraction of sp³-hybridized carbons (Fsp3) is 0.750. The first-order chi connectivity index (χ1) is 7.48. The summed E-state index contributed by atoms with van der Waals surface area (Å²) in [6.07, 6.45) is 3.94. The number of nitrogens with zero attached hydrogens (tertiary/aromatic N) is 2. The second-order valence-corrected chi connectivity index (χ2v) is 6.16. The van der Waals surface area contributed by atoms with Gasteiger partial charge in [-0.2, -0.15) is 0 Å². The van der Waals surface area contributed by atoms with Gasteiger partial charge < -0.3 is 10.6 Å². The Kier molecular flexibility index (Phi) is 3.22. The molecule has 4 heteroatoms. The second-order valence-electron chi connectivity index (χ2n) is 5.18. The lowest BCUT2D eigenvalue weighted by atomic mass is 10.0. The lowest BCUT2D eigenvalue weighted by Crippen LogP contribution is -2.29. The van der Waals surface area contributed by atoms with Crippen LogP contribution in [0.3, 0.4) is 0 Å². The van der Waals surface area contributed by atoms with Crippen molar-refractivity contribution in [1.29, 1.82) is 0 Å². The molecule has 1 saturated heterocycles. The molecular formula is C12H21N3S. The molecule has 0 spiro atoms. The van der Waals surface area contributed by atoms with Gasteiger partial charge in [0.15, 0.2) is 5.13 Å². The lowest BCUT2D eigenvalue weighted by molar-refractivity contribution is 0.561. The van der Waals surface area contributed by atoms with E-state index in [0.717, 1.165) is 23.9 Å². The van der Waals surface area contributed by atoms with Crippen molar-refractivity contribution >= 4 is 16.5 Å². The average molecular weight is 239 g/mol. The maximum Gasteiger partial charge on any atom is 0.185 e. The predicted octanol–water partition coefficient (Wildman–Crippen LogP) is 2.64. The van der Waals surface area contributed by atoms with Crippen molar-refractivity contribution < 1.29 is 0 Å². The van der Waals surface area contributed by atoms with E-state index in [1.807, 2.05) is 13.8 Å². The van der Waals surface area contributed by atoms with Gasteiger partial charge in [-0.05, 0) is 40.0 Å². The van der Waals surface area contributed by atoms with Crippen LogP contribution in [-0.4, -0.2) is 18.1 Å². The Bertz CT molecular complexity index is 359. The number of nitrogens with two attached hydrogens (primary N) is 1. The van der Waals surface area contributed by atoms with Gasteiger partial charge in [0.1, 0.15) is 0 Å². The summed E-state index contributed by atoms with van der Waals surface area (Å²) >= 11 is 1.76. The summed E-state index contributed by atoms with van der Waals surface area (Å²) in [6.45, 7) is 8.46. The molecule has 0 bridgehead atoms. The number of hydrogen-bond acceptors (Lipinski definition) is 4. The summed E-state index contributed by atoms with van der Waals surface area (Å²) in [4.78, 5) is 8.28. The largest absolute Gasteiger partial charge is 0.348 e. The van der Waals surface area contributed by atoms with Crippen LogP contribution >= 0.6 is 11.3 Å². The zero-order valence-corrected chi connectivity index (χ0v) is 11.2. The summed E-state index contributed by atoms with van der Waals surface area (Å²) in [7, 11) is 0. The van der Waals surface area contributed by atoms with E-state index in [1.165, 1.54) is 24.1 Å². The van der Waals surface area contributed by atoms with Gasteiger partial charge in [0.2, 0.25) is 0 Å². The van der Waals surface area contributed by atoms with Crippen molar-refractivity contribution in [2.75, 3.05) is 18.0 Å². The van der Waals surface area contributed by atoms with Gasteiger partial charge in [0.05, 0.1) is 5.69 Å². The molecular weight excluding hydrogens is 218 g/mol. The van der Waals surface area contributed by atoms with E-state index >= 15 is 0 Å². The molecule has 1 aromatic heterocycles. The van der Waals surface area contributed by atoms with Crippen molar-refractivity contribution in [2.45, 2.75) is 45.6 Å². The van der Waals surface area contributed by atoms with Crippen molar-refractivity contribution in [3.63, 3.8) is 0 Å². The Morgan fingerprint density at radius 1 is 1.25 bits per heavy atom. The number of hydrogen-bond donors (Lipinski definition) is 1. The number of piperidine rings is 1.